The van der Waals surface area contributed by atoms with Gasteiger partial charge in [-0.05, 0) is 42.0 Å². The second-order valence-electron chi connectivity index (χ2n) is 6.51. The molecule has 6 nitrogen and oxygen atoms in total. The van der Waals surface area contributed by atoms with Crippen LogP contribution in [-0.2, 0) is 11.3 Å². The summed E-state index contributed by atoms with van der Waals surface area (Å²) in [6.07, 6.45) is 0. The first-order chi connectivity index (χ1) is 14.7. The molecule has 3 aromatic rings. The molecule has 0 saturated carbocycles. The number of nitrogens with one attached hydrogen (secondary N) is 2. The molecule has 0 radical (unpaired) electrons. The number of methoxy groups -OCH3 is 1. The molecule has 0 aliphatic rings. The van der Waals surface area contributed by atoms with E-state index in [2.05, 4.69) is 10.6 Å². The molecule has 0 fully saturated rings. The molecule has 0 saturated heterocycles. The van der Waals surface area contributed by atoms with Gasteiger partial charge in [0.15, 0.2) is 0 Å². The van der Waals surface area contributed by atoms with Crippen LogP contribution < -0.4 is 24.8 Å². The summed E-state index contributed by atoms with van der Waals surface area (Å²) in [6.45, 7) is 1.57. The molecule has 6 heteroatoms. The number of ether oxygens (including phenoxy) is 3. The smallest absolute Gasteiger partial charge is 0.238 e. The molecular weight excluding hydrogens is 380 g/mol. The normalized spacial score (nSPS) is 10.3. The zero-order chi connectivity index (χ0) is 21.0. The first kappa shape index (κ1) is 21.2. The molecule has 2 N–H and O–H groups in total. The summed E-state index contributed by atoms with van der Waals surface area (Å²) in [7, 11) is 1.63. The van der Waals surface area contributed by atoms with E-state index in [1.54, 1.807) is 7.11 Å². The van der Waals surface area contributed by atoms with E-state index in [0.717, 1.165) is 17.1 Å². The SMILES string of the molecule is COc1ccc(CNCC(=O)Nc2ccccc2OCCOc2ccccc2)cc1. The lowest BCUT2D eigenvalue weighted by atomic mass is 10.2. The summed E-state index contributed by atoms with van der Waals surface area (Å²) in [6, 6.07) is 24.6. The predicted molar refractivity (Wildman–Crippen MR) is 117 cm³/mol. The third-order valence-corrected chi connectivity index (χ3v) is 4.29. The Morgan fingerprint density at radius 1 is 0.800 bits per heavy atom. The highest BCUT2D eigenvalue weighted by Crippen LogP contribution is 2.23. The second kappa shape index (κ2) is 11.5. The number of hydrogen-bond acceptors (Lipinski definition) is 5. The summed E-state index contributed by atoms with van der Waals surface area (Å²) < 4.78 is 16.6. The number of hydrogen-bond donors (Lipinski definition) is 2. The molecular formula is C24H26N2O4. The van der Waals surface area contributed by atoms with Gasteiger partial charge in [-0.3, -0.25) is 4.79 Å². The lowest BCUT2D eigenvalue weighted by Gasteiger charge is -2.13. The van der Waals surface area contributed by atoms with Crippen molar-refractivity contribution in [2.24, 2.45) is 0 Å². The molecule has 0 aliphatic carbocycles. The fraction of sp³-hybridized carbons (Fsp3) is 0.208. The van der Waals surface area contributed by atoms with Gasteiger partial charge in [0.05, 0.1) is 19.3 Å². The second-order valence-corrected chi connectivity index (χ2v) is 6.51. The van der Waals surface area contributed by atoms with Gasteiger partial charge < -0.3 is 24.8 Å². The first-order valence-corrected chi connectivity index (χ1v) is 9.78. The summed E-state index contributed by atoms with van der Waals surface area (Å²) in [5, 5.41) is 6.02. The van der Waals surface area contributed by atoms with Crippen LogP contribution in [0, 0.1) is 0 Å². The van der Waals surface area contributed by atoms with E-state index < -0.39 is 0 Å². The number of benzene rings is 3. The van der Waals surface area contributed by atoms with E-state index in [4.69, 9.17) is 14.2 Å². The van der Waals surface area contributed by atoms with Gasteiger partial charge in [-0.15, -0.1) is 0 Å². The fourth-order valence-corrected chi connectivity index (χ4v) is 2.78. The summed E-state index contributed by atoms with van der Waals surface area (Å²) in [4.78, 5) is 12.3. The van der Waals surface area contributed by atoms with Crippen LogP contribution >= 0.6 is 0 Å². The minimum Gasteiger partial charge on any atom is -0.497 e. The van der Waals surface area contributed by atoms with Crippen molar-refractivity contribution in [1.29, 1.82) is 0 Å². The Morgan fingerprint density at radius 3 is 2.27 bits per heavy atom. The highest BCUT2D eigenvalue weighted by molar-refractivity contribution is 5.93. The van der Waals surface area contributed by atoms with Crippen molar-refractivity contribution in [2.75, 3.05) is 32.2 Å². The fourth-order valence-electron chi connectivity index (χ4n) is 2.78. The Balaban J connectivity index is 1.42. The zero-order valence-corrected chi connectivity index (χ0v) is 17.0. The molecule has 0 aromatic heterocycles. The number of amides is 1. The van der Waals surface area contributed by atoms with Gasteiger partial charge in [0.2, 0.25) is 5.91 Å². The van der Waals surface area contributed by atoms with Gasteiger partial charge in [0.1, 0.15) is 30.5 Å². The molecule has 0 atom stereocenters. The molecule has 30 heavy (non-hydrogen) atoms. The average Bonchev–Trinajstić information content (AvgIpc) is 2.79. The van der Waals surface area contributed by atoms with Crippen LogP contribution in [0.3, 0.4) is 0 Å². The molecule has 3 aromatic carbocycles. The Kier molecular flexibility index (Phi) is 8.12. The predicted octanol–water partition coefficient (Wildman–Crippen LogP) is 3.88. The maximum absolute atomic E-state index is 12.3. The van der Waals surface area contributed by atoms with Gasteiger partial charge in [-0.25, -0.2) is 0 Å². The monoisotopic (exact) mass is 406 g/mol. The lowest BCUT2D eigenvalue weighted by molar-refractivity contribution is -0.115. The quantitative estimate of drug-likeness (QED) is 0.473. The third kappa shape index (κ3) is 6.83. The number of anilines is 1. The van der Waals surface area contributed by atoms with Gasteiger partial charge in [-0.1, -0.05) is 42.5 Å². The van der Waals surface area contributed by atoms with Gasteiger partial charge >= 0.3 is 0 Å². The Labute approximate surface area is 176 Å². The highest BCUT2D eigenvalue weighted by Gasteiger charge is 2.08. The average molecular weight is 406 g/mol. The van der Waals surface area contributed by atoms with Crippen molar-refractivity contribution in [1.82, 2.24) is 5.32 Å². The highest BCUT2D eigenvalue weighted by atomic mass is 16.5. The van der Waals surface area contributed by atoms with Crippen molar-refractivity contribution in [3.63, 3.8) is 0 Å². The van der Waals surface area contributed by atoms with Crippen molar-refractivity contribution >= 4 is 11.6 Å². The van der Waals surface area contributed by atoms with Gasteiger partial charge in [-0.2, -0.15) is 0 Å². The van der Waals surface area contributed by atoms with Crippen molar-refractivity contribution in [2.45, 2.75) is 6.54 Å². The van der Waals surface area contributed by atoms with Crippen LogP contribution in [0.25, 0.3) is 0 Å². The molecule has 0 unspecified atom stereocenters. The van der Waals surface area contributed by atoms with E-state index in [0.29, 0.717) is 31.2 Å². The summed E-state index contributed by atoms with van der Waals surface area (Å²) >= 11 is 0. The molecule has 0 spiro atoms. The lowest BCUT2D eigenvalue weighted by Crippen LogP contribution is -2.28. The van der Waals surface area contributed by atoms with Crippen LogP contribution in [0.4, 0.5) is 5.69 Å². The maximum Gasteiger partial charge on any atom is 0.238 e. The Morgan fingerprint density at radius 2 is 1.50 bits per heavy atom. The number of carbonyl (C=O) groups excluding carboxylic acids is 1. The standard InChI is InChI=1S/C24H26N2O4/c1-28-20-13-11-19(12-14-20)17-25-18-24(27)26-22-9-5-6-10-23(22)30-16-15-29-21-7-3-2-4-8-21/h2-14,25H,15-18H2,1H3,(H,26,27). The van der Waals surface area contributed by atoms with Crippen LogP contribution in [0.1, 0.15) is 5.56 Å². The van der Waals surface area contributed by atoms with E-state index in [1.807, 2.05) is 78.9 Å². The molecule has 0 heterocycles. The Hall–Kier alpha value is -3.51. The molecule has 3 rings (SSSR count). The van der Waals surface area contributed by atoms with E-state index in [1.165, 1.54) is 0 Å². The van der Waals surface area contributed by atoms with Crippen molar-refractivity contribution in [3.8, 4) is 17.2 Å². The zero-order valence-electron chi connectivity index (χ0n) is 17.0. The van der Waals surface area contributed by atoms with E-state index in [-0.39, 0.29) is 12.5 Å². The van der Waals surface area contributed by atoms with Crippen LogP contribution in [0.5, 0.6) is 17.2 Å². The summed E-state index contributed by atoms with van der Waals surface area (Å²) in [5.74, 6) is 2.07. The molecule has 0 aliphatic heterocycles. The summed E-state index contributed by atoms with van der Waals surface area (Å²) in [5.41, 5.74) is 1.71. The first-order valence-electron chi connectivity index (χ1n) is 9.78. The largest absolute Gasteiger partial charge is 0.497 e. The third-order valence-electron chi connectivity index (χ3n) is 4.29. The Bertz CT molecular complexity index is 914. The van der Waals surface area contributed by atoms with Gasteiger partial charge in [0.25, 0.3) is 0 Å². The van der Waals surface area contributed by atoms with Gasteiger partial charge in [0, 0.05) is 6.54 Å². The van der Waals surface area contributed by atoms with Crippen LogP contribution in [0.2, 0.25) is 0 Å². The maximum atomic E-state index is 12.3. The molecule has 0 bridgehead atoms. The van der Waals surface area contributed by atoms with E-state index in [9.17, 15) is 4.79 Å². The van der Waals surface area contributed by atoms with Crippen molar-refractivity contribution in [3.05, 3.63) is 84.4 Å². The number of rotatable bonds is 11. The van der Waals surface area contributed by atoms with Crippen molar-refractivity contribution < 1.29 is 19.0 Å². The molecule has 1 amide bonds. The minimum absolute atomic E-state index is 0.139. The van der Waals surface area contributed by atoms with Crippen LogP contribution in [0.15, 0.2) is 78.9 Å². The van der Waals surface area contributed by atoms with Crippen LogP contribution in [-0.4, -0.2) is 32.8 Å². The number of carbonyl (C=O) groups is 1. The van der Waals surface area contributed by atoms with E-state index >= 15 is 0 Å². The number of para-hydroxylation sites is 3. The topological polar surface area (TPSA) is 68.8 Å². The minimum atomic E-state index is -0.139. The molecule has 156 valence electrons.